The fourth-order valence-corrected chi connectivity index (χ4v) is 2.17. The minimum absolute atomic E-state index is 0.0910. The SMILES string of the molecule is COCc1cc(C=NNC(=O)CCn2ccc([N+](=O)[O-])n2)ccc1OC. The first-order valence-electron chi connectivity index (χ1n) is 7.69. The van der Waals surface area contributed by atoms with Gasteiger partial charge in [-0.1, -0.05) is 0 Å². The summed E-state index contributed by atoms with van der Waals surface area (Å²) in [6.07, 6.45) is 3.05. The highest BCUT2D eigenvalue weighted by Gasteiger charge is 2.11. The van der Waals surface area contributed by atoms with Crippen molar-refractivity contribution in [3.63, 3.8) is 0 Å². The number of hydrogen-bond acceptors (Lipinski definition) is 7. The second-order valence-corrected chi connectivity index (χ2v) is 5.24. The predicted octanol–water partition coefficient (Wildman–Crippen LogP) is 1.49. The van der Waals surface area contributed by atoms with Gasteiger partial charge in [-0.15, -0.1) is 0 Å². The quantitative estimate of drug-likeness (QED) is 0.410. The molecule has 1 N–H and O–H groups in total. The highest BCUT2D eigenvalue weighted by atomic mass is 16.6. The Kier molecular flexibility index (Phi) is 6.80. The molecular formula is C16H19N5O5. The topological polar surface area (TPSA) is 121 Å². The Morgan fingerprint density at radius 2 is 2.23 bits per heavy atom. The molecule has 0 saturated carbocycles. The van der Waals surface area contributed by atoms with E-state index >= 15 is 0 Å². The van der Waals surface area contributed by atoms with Crippen LogP contribution in [0.4, 0.5) is 5.82 Å². The van der Waals surface area contributed by atoms with Gasteiger partial charge >= 0.3 is 5.82 Å². The average molecular weight is 361 g/mol. The maximum absolute atomic E-state index is 11.8. The molecule has 1 amide bonds. The van der Waals surface area contributed by atoms with Gasteiger partial charge in [-0.2, -0.15) is 9.78 Å². The van der Waals surface area contributed by atoms with Gasteiger partial charge in [0.1, 0.15) is 5.75 Å². The lowest BCUT2D eigenvalue weighted by Crippen LogP contribution is -2.19. The fourth-order valence-electron chi connectivity index (χ4n) is 2.17. The number of hydrogen-bond donors (Lipinski definition) is 1. The van der Waals surface area contributed by atoms with Gasteiger partial charge in [0.05, 0.1) is 43.8 Å². The molecule has 0 atom stereocenters. The molecule has 1 aromatic heterocycles. The van der Waals surface area contributed by atoms with E-state index in [0.29, 0.717) is 12.4 Å². The van der Waals surface area contributed by atoms with Crippen molar-refractivity contribution in [3.8, 4) is 5.75 Å². The van der Waals surface area contributed by atoms with Gasteiger partial charge in [-0.05, 0) is 28.7 Å². The summed E-state index contributed by atoms with van der Waals surface area (Å²) in [6.45, 7) is 0.614. The van der Waals surface area contributed by atoms with Gasteiger partial charge < -0.3 is 19.6 Å². The Morgan fingerprint density at radius 3 is 2.88 bits per heavy atom. The Labute approximate surface area is 149 Å². The van der Waals surface area contributed by atoms with Crippen LogP contribution in [0.1, 0.15) is 17.5 Å². The maximum Gasteiger partial charge on any atom is 0.389 e. The molecule has 0 aliphatic rings. The zero-order valence-electron chi connectivity index (χ0n) is 14.4. The number of carbonyl (C=O) groups excluding carboxylic acids is 1. The first-order valence-corrected chi connectivity index (χ1v) is 7.69. The molecule has 1 aromatic carbocycles. The molecule has 2 rings (SSSR count). The second-order valence-electron chi connectivity index (χ2n) is 5.24. The number of carbonyl (C=O) groups is 1. The van der Waals surface area contributed by atoms with Gasteiger partial charge in [0.15, 0.2) is 0 Å². The summed E-state index contributed by atoms with van der Waals surface area (Å²) in [7, 11) is 3.17. The number of hydrazone groups is 1. The predicted molar refractivity (Wildman–Crippen MR) is 92.9 cm³/mol. The molecule has 0 spiro atoms. The van der Waals surface area contributed by atoms with Crippen LogP contribution in [0.3, 0.4) is 0 Å². The first-order chi connectivity index (χ1) is 12.5. The van der Waals surface area contributed by atoms with Crippen molar-refractivity contribution in [1.82, 2.24) is 15.2 Å². The van der Waals surface area contributed by atoms with E-state index in [1.165, 1.54) is 23.2 Å². The number of nitrogens with zero attached hydrogens (tertiary/aromatic N) is 4. The van der Waals surface area contributed by atoms with E-state index in [2.05, 4.69) is 15.6 Å². The van der Waals surface area contributed by atoms with Crippen molar-refractivity contribution in [2.75, 3.05) is 14.2 Å². The van der Waals surface area contributed by atoms with Crippen LogP contribution in [0.25, 0.3) is 0 Å². The summed E-state index contributed by atoms with van der Waals surface area (Å²) in [6, 6.07) is 6.72. The van der Waals surface area contributed by atoms with Crippen molar-refractivity contribution < 1.29 is 19.2 Å². The average Bonchev–Trinajstić information content (AvgIpc) is 3.10. The van der Waals surface area contributed by atoms with E-state index in [4.69, 9.17) is 9.47 Å². The monoisotopic (exact) mass is 361 g/mol. The Balaban J connectivity index is 1.86. The van der Waals surface area contributed by atoms with E-state index in [1.54, 1.807) is 26.4 Å². The summed E-state index contributed by atoms with van der Waals surface area (Å²) in [5, 5.41) is 18.2. The van der Waals surface area contributed by atoms with Crippen LogP contribution >= 0.6 is 0 Å². The third-order valence-corrected chi connectivity index (χ3v) is 3.39. The summed E-state index contributed by atoms with van der Waals surface area (Å²) in [4.78, 5) is 21.7. The molecule has 10 nitrogen and oxygen atoms in total. The van der Waals surface area contributed by atoms with Crippen molar-refractivity contribution >= 4 is 17.9 Å². The van der Waals surface area contributed by atoms with Crippen molar-refractivity contribution in [2.24, 2.45) is 5.10 Å². The van der Waals surface area contributed by atoms with E-state index in [-0.39, 0.29) is 24.7 Å². The number of rotatable bonds is 9. The maximum atomic E-state index is 11.8. The number of amides is 1. The molecule has 0 saturated heterocycles. The second kappa shape index (κ2) is 9.28. The smallest absolute Gasteiger partial charge is 0.389 e. The summed E-state index contributed by atoms with van der Waals surface area (Å²) in [5.41, 5.74) is 4.05. The van der Waals surface area contributed by atoms with Crippen LogP contribution in [-0.2, 0) is 22.7 Å². The summed E-state index contributed by atoms with van der Waals surface area (Å²) >= 11 is 0. The van der Waals surface area contributed by atoms with Crippen LogP contribution in [0, 0.1) is 10.1 Å². The van der Waals surface area contributed by atoms with Crippen molar-refractivity contribution in [1.29, 1.82) is 0 Å². The number of nitrogens with one attached hydrogen (secondary N) is 1. The molecule has 10 heteroatoms. The summed E-state index contributed by atoms with van der Waals surface area (Å²) < 4.78 is 11.7. The number of benzene rings is 1. The van der Waals surface area contributed by atoms with E-state index in [0.717, 1.165) is 11.1 Å². The molecule has 0 fully saturated rings. The third kappa shape index (κ3) is 5.38. The number of methoxy groups -OCH3 is 2. The van der Waals surface area contributed by atoms with E-state index < -0.39 is 4.92 Å². The zero-order chi connectivity index (χ0) is 18.9. The number of ether oxygens (including phenoxy) is 2. The molecule has 138 valence electrons. The highest BCUT2D eigenvalue weighted by molar-refractivity contribution is 5.82. The first kappa shape index (κ1) is 19.1. The van der Waals surface area contributed by atoms with E-state index in [9.17, 15) is 14.9 Å². The van der Waals surface area contributed by atoms with Crippen LogP contribution in [-0.4, -0.2) is 41.0 Å². The van der Waals surface area contributed by atoms with Crippen LogP contribution < -0.4 is 10.2 Å². The van der Waals surface area contributed by atoms with Crippen LogP contribution in [0.2, 0.25) is 0 Å². The van der Waals surface area contributed by atoms with Crippen molar-refractivity contribution in [2.45, 2.75) is 19.6 Å². The molecule has 1 heterocycles. The highest BCUT2D eigenvalue weighted by Crippen LogP contribution is 2.19. The van der Waals surface area contributed by atoms with Crippen LogP contribution in [0.15, 0.2) is 35.6 Å². The lowest BCUT2D eigenvalue weighted by atomic mass is 10.1. The largest absolute Gasteiger partial charge is 0.496 e. The zero-order valence-corrected chi connectivity index (χ0v) is 14.4. The molecule has 0 aliphatic carbocycles. The minimum atomic E-state index is -0.590. The summed E-state index contributed by atoms with van der Waals surface area (Å²) in [5.74, 6) is 0.126. The van der Waals surface area contributed by atoms with E-state index in [1.807, 2.05) is 6.07 Å². The van der Waals surface area contributed by atoms with Gasteiger partial charge in [0.25, 0.3) is 0 Å². The Hall–Kier alpha value is -3.27. The fraction of sp³-hybridized carbons (Fsp3) is 0.312. The number of aryl methyl sites for hydroxylation is 1. The lowest BCUT2D eigenvalue weighted by molar-refractivity contribution is -0.389. The molecule has 0 bridgehead atoms. The van der Waals surface area contributed by atoms with Gasteiger partial charge in [0.2, 0.25) is 5.91 Å². The third-order valence-electron chi connectivity index (χ3n) is 3.39. The molecule has 26 heavy (non-hydrogen) atoms. The van der Waals surface area contributed by atoms with Gasteiger partial charge in [-0.25, -0.2) is 5.43 Å². The molecule has 0 radical (unpaired) electrons. The van der Waals surface area contributed by atoms with Crippen molar-refractivity contribution in [3.05, 3.63) is 51.7 Å². The molecule has 2 aromatic rings. The number of aromatic nitrogens is 2. The van der Waals surface area contributed by atoms with Gasteiger partial charge in [-0.3, -0.25) is 4.79 Å². The molecule has 0 unspecified atom stereocenters. The minimum Gasteiger partial charge on any atom is -0.496 e. The number of nitro groups is 1. The molecular weight excluding hydrogens is 342 g/mol. The van der Waals surface area contributed by atoms with Gasteiger partial charge in [0, 0.05) is 19.1 Å². The van der Waals surface area contributed by atoms with Crippen LogP contribution in [0.5, 0.6) is 5.75 Å². The lowest BCUT2D eigenvalue weighted by Gasteiger charge is -2.08. The Morgan fingerprint density at radius 1 is 1.42 bits per heavy atom. The molecule has 0 aliphatic heterocycles. The standard InChI is InChI=1S/C16H19N5O5/c1-25-11-13-9-12(3-4-14(13)26-2)10-17-18-16(22)6-8-20-7-5-15(19-20)21(23)24/h3-5,7,9-10H,6,8,11H2,1-2H3,(H,18,22). The normalized spacial score (nSPS) is 10.8. The Bertz CT molecular complexity index is 802.